The summed E-state index contributed by atoms with van der Waals surface area (Å²) >= 11 is 0. The summed E-state index contributed by atoms with van der Waals surface area (Å²) in [6.07, 6.45) is 11.1. The van der Waals surface area contributed by atoms with Gasteiger partial charge in [0, 0.05) is 23.2 Å². The van der Waals surface area contributed by atoms with E-state index in [1.54, 1.807) is 12.7 Å². The minimum Gasteiger partial charge on any atom is -0.346 e. The Morgan fingerprint density at radius 1 is 0.929 bits per heavy atom. The van der Waals surface area contributed by atoms with Crippen LogP contribution < -0.4 is 4.90 Å². The molecule has 144 valence electrons. The second-order valence-corrected chi connectivity index (χ2v) is 6.93. The first-order valence-corrected chi connectivity index (χ1v) is 9.02. The number of rotatable bonds is 3. The molecule has 0 aliphatic heterocycles. The zero-order valence-electron chi connectivity index (χ0n) is 16.9. The lowest BCUT2D eigenvalue weighted by molar-refractivity contribution is -0.800. The Labute approximate surface area is 163 Å². The summed E-state index contributed by atoms with van der Waals surface area (Å²) in [4.78, 5) is 24.1. The molecule has 4 rings (SSSR count). The molecule has 0 aromatic carbocycles. The second-order valence-electron chi connectivity index (χ2n) is 6.93. The SMILES string of the molecule is C[N+](C)=C/C(=C/[NH+](C)C)c1ncnc2[nH]ccc12.Cc1ncnc2[nH]ccc12. The highest BCUT2D eigenvalue weighted by molar-refractivity contribution is 6.10. The van der Waals surface area contributed by atoms with Crippen molar-refractivity contribution < 1.29 is 9.48 Å². The summed E-state index contributed by atoms with van der Waals surface area (Å²) in [5.41, 5.74) is 4.84. The Morgan fingerprint density at radius 3 is 2.14 bits per heavy atom. The van der Waals surface area contributed by atoms with Crippen LogP contribution in [0.1, 0.15) is 11.4 Å². The van der Waals surface area contributed by atoms with E-state index in [0.29, 0.717) is 0 Å². The van der Waals surface area contributed by atoms with Gasteiger partial charge in [0.2, 0.25) is 0 Å². The lowest BCUT2D eigenvalue weighted by Crippen LogP contribution is -3.00. The van der Waals surface area contributed by atoms with E-state index in [-0.39, 0.29) is 0 Å². The van der Waals surface area contributed by atoms with Gasteiger partial charge in [0.1, 0.15) is 49.8 Å². The van der Waals surface area contributed by atoms with Gasteiger partial charge in [-0.3, -0.25) is 0 Å². The van der Waals surface area contributed by atoms with Gasteiger partial charge in [0.15, 0.2) is 6.21 Å². The number of nitrogens with zero attached hydrogens (tertiary/aromatic N) is 5. The fourth-order valence-corrected chi connectivity index (χ4v) is 2.86. The maximum absolute atomic E-state index is 4.41. The molecule has 0 unspecified atom stereocenters. The molecule has 0 atom stereocenters. The quantitative estimate of drug-likeness (QED) is 0.367. The minimum atomic E-state index is 0.867. The molecular weight excluding hydrogens is 352 g/mol. The highest BCUT2D eigenvalue weighted by atomic mass is 15.0. The van der Waals surface area contributed by atoms with Crippen molar-refractivity contribution in [2.75, 3.05) is 28.2 Å². The summed E-state index contributed by atoms with van der Waals surface area (Å²) in [7, 11) is 8.18. The first-order chi connectivity index (χ1) is 13.5. The molecule has 0 fully saturated rings. The zero-order valence-corrected chi connectivity index (χ0v) is 16.9. The number of H-pyrrole nitrogens is 2. The molecule has 0 spiro atoms. The molecule has 4 heterocycles. The van der Waals surface area contributed by atoms with E-state index in [0.717, 1.165) is 39.0 Å². The Bertz CT molecular complexity index is 1130. The van der Waals surface area contributed by atoms with Crippen LogP contribution in [0.3, 0.4) is 0 Å². The fourth-order valence-electron chi connectivity index (χ4n) is 2.86. The number of aromatic nitrogens is 6. The number of aromatic amines is 2. The molecule has 8 heteroatoms. The largest absolute Gasteiger partial charge is 0.346 e. The van der Waals surface area contributed by atoms with Gasteiger partial charge < -0.3 is 14.9 Å². The average Bonchev–Trinajstić information content (AvgIpc) is 3.30. The molecule has 0 radical (unpaired) electrons. The van der Waals surface area contributed by atoms with Crippen LogP contribution in [0.5, 0.6) is 0 Å². The van der Waals surface area contributed by atoms with Crippen LogP contribution in [0.4, 0.5) is 0 Å². The number of fused-ring (bicyclic) bond motifs is 2. The van der Waals surface area contributed by atoms with Gasteiger partial charge in [-0.15, -0.1) is 0 Å². The van der Waals surface area contributed by atoms with E-state index in [1.807, 2.05) is 50.1 Å². The van der Waals surface area contributed by atoms with Crippen molar-refractivity contribution in [1.29, 1.82) is 0 Å². The van der Waals surface area contributed by atoms with Crippen LogP contribution in [0, 0.1) is 6.92 Å². The molecular formula is C20H26N8+2. The Hall–Kier alpha value is -3.39. The van der Waals surface area contributed by atoms with Crippen molar-refractivity contribution in [3.05, 3.63) is 54.8 Å². The van der Waals surface area contributed by atoms with Crippen LogP contribution >= 0.6 is 0 Å². The Kier molecular flexibility index (Phi) is 5.90. The third-order valence-corrected chi connectivity index (χ3v) is 4.02. The van der Waals surface area contributed by atoms with E-state index >= 15 is 0 Å². The smallest absolute Gasteiger partial charge is 0.177 e. The van der Waals surface area contributed by atoms with E-state index in [2.05, 4.69) is 56.4 Å². The molecule has 8 nitrogen and oxygen atoms in total. The first kappa shape index (κ1) is 19.4. The highest BCUT2D eigenvalue weighted by Gasteiger charge is 2.12. The third-order valence-electron chi connectivity index (χ3n) is 4.02. The van der Waals surface area contributed by atoms with Crippen LogP contribution in [0.25, 0.3) is 27.6 Å². The van der Waals surface area contributed by atoms with Gasteiger partial charge in [-0.25, -0.2) is 24.5 Å². The Morgan fingerprint density at radius 2 is 1.54 bits per heavy atom. The molecule has 0 aliphatic carbocycles. The van der Waals surface area contributed by atoms with Gasteiger partial charge in [0.05, 0.1) is 25.5 Å². The van der Waals surface area contributed by atoms with Gasteiger partial charge in [-0.2, -0.15) is 0 Å². The maximum Gasteiger partial charge on any atom is 0.177 e. The molecule has 0 saturated carbocycles. The average molecular weight is 378 g/mol. The van der Waals surface area contributed by atoms with E-state index in [9.17, 15) is 0 Å². The molecule has 3 N–H and O–H groups in total. The van der Waals surface area contributed by atoms with Crippen molar-refractivity contribution in [3.8, 4) is 0 Å². The molecule has 0 amide bonds. The van der Waals surface area contributed by atoms with Gasteiger partial charge >= 0.3 is 0 Å². The minimum absolute atomic E-state index is 0.867. The number of nitrogens with one attached hydrogen (secondary N) is 3. The Balaban J connectivity index is 0.000000188. The molecule has 28 heavy (non-hydrogen) atoms. The topological polar surface area (TPSA) is 90.6 Å². The zero-order chi connectivity index (χ0) is 20.1. The fraction of sp³-hybridized carbons (Fsp3) is 0.250. The molecule has 4 aromatic heterocycles. The molecule has 0 saturated heterocycles. The molecule has 0 bridgehead atoms. The van der Waals surface area contributed by atoms with E-state index < -0.39 is 0 Å². The lowest BCUT2D eigenvalue weighted by atomic mass is 10.1. The second kappa shape index (κ2) is 8.53. The number of aryl methyl sites for hydroxylation is 1. The van der Waals surface area contributed by atoms with Gasteiger partial charge in [0.25, 0.3) is 0 Å². The van der Waals surface area contributed by atoms with Crippen molar-refractivity contribution in [1.82, 2.24) is 29.9 Å². The maximum atomic E-state index is 4.41. The number of quaternary nitrogens is 1. The summed E-state index contributed by atoms with van der Waals surface area (Å²) < 4.78 is 2.02. The van der Waals surface area contributed by atoms with Crippen LogP contribution in [0.2, 0.25) is 0 Å². The van der Waals surface area contributed by atoms with Crippen LogP contribution in [-0.2, 0) is 0 Å². The third kappa shape index (κ3) is 4.47. The monoisotopic (exact) mass is 378 g/mol. The van der Waals surface area contributed by atoms with Gasteiger partial charge in [-0.1, -0.05) is 0 Å². The predicted molar refractivity (Wildman–Crippen MR) is 111 cm³/mol. The van der Waals surface area contributed by atoms with Crippen molar-refractivity contribution >= 4 is 33.9 Å². The van der Waals surface area contributed by atoms with E-state index in [1.165, 1.54) is 4.90 Å². The van der Waals surface area contributed by atoms with Crippen molar-refractivity contribution in [2.24, 2.45) is 0 Å². The summed E-state index contributed by atoms with van der Waals surface area (Å²) in [6.45, 7) is 1.97. The van der Waals surface area contributed by atoms with Crippen molar-refractivity contribution in [2.45, 2.75) is 6.92 Å². The normalized spacial score (nSPS) is 11.6. The lowest BCUT2D eigenvalue weighted by Gasteiger charge is -2.04. The van der Waals surface area contributed by atoms with Crippen LogP contribution in [-0.4, -0.2) is 68.9 Å². The van der Waals surface area contributed by atoms with Crippen molar-refractivity contribution in [3.63, 3.8) is 0 Å². The number of allylic oxidation sites excluding steroid dienone is 1. The predicted octanol–water partition coefficient (Wildman–Crippen LogP) is 1.05. The molecule has 4 aromatic rings. The summed E-state index contributed by atoms with van der Waals surface area (Å²) in [5, 5.41) is 2.14. The highest BCUT2D eigenvalue weighted by Crippen LogP contribution is 2.18. The summed E-state index contributed by atoms with van der Waals surface area (Å²) in [5.74, 6) is 0. The van der Waals surface area contributed by atoms with E-state index in [4.69, 9.17) is 0 Å². The number of hydrogen-bond acceptors (Lipinski definition) is 4. The van der Waals surface area contributed by atoms with Gasteiger partial charge in [-0.05, 0) is 19.1 Å². The van der Waals surface area contributed by atoms with Crippen LogP contribution in [0.15, 0.2) is 43.4 Å². The first-order valence-electron chi connectivity index (χ1n) is 9.02. The number of hydrogen-bond donors (Lipinski definition) is 3. The molecule has 0 aliphatic rings. The summed E-state index contributed by atoms with van der Waals surface area (Å²) in [6, 6.07) is 3.98. The standard InChI is InChI=1S/C13H18N5.C7H7N3/c1-17(2)7-10(8-18(3)4)12-11-5-6-14-13(11)16-9-15-12;1-5-6-2-3-8-7(6)10-4-9-5/h5-9H,1-4H3,(H,14,15,16);2-4H,1H3,(H,8,9,10)/q+1;/p+1.